The Bertz CT molecular complexity index is 2950. The van der Waals surface area contributed by atoms with Gasteiger partial charge in [-0.3, -0.25) is 0 Å². The predicted molar refractivity (Wildman–Crippen MR) is 230 cm³/mol. The van der Waals surface area contributed by atoms with Crippen LogP contribution >= 0.6 is 0 Å². The zero-order valence-electron chi connectivity index (χ0n) is 30.2. The highest BCUT2D eigenvalue weighted by molar-refractivity contribution is 6.30. The lowest BCUT2D eigenvalue weighted by atomic mass is 9.80. The maximum atomic E-state index is 2.40. The van der Waals surface area contributed by atoms with E-state index in [0.717, 1.165) is 0 Å². The van der Waals surface area contributed by atoms with Crippen LogP contribution in [0.2, 0.25) is 0 Å². The van der Waals surface area contributed by atoms with E-state index < -0.39 is 0 Å². The van der Waals surface area contributed by atoms with Gasteiger partial charge in [-0.15, -0.1) is 0 Å². The van der Waals surface area contributed by atoms with Crippen molar-refractivity contribution in [3.8, 4) is 44.5 Å². The van der Waals surface area contributed by atoms with Crippen molar-refractivity contribution >= 4 is 53.9 Å². The van der Waals surface area contributed by atoms with Gasteiger partial charge in [0.1, 0.15) is 0 Å². The summed E-state index contributed by atoms with van der Waals surface area (Å²) in [6.07, 6.45) is 0. The fourth-order valence-electron chi connectivity index (χ4n) is 9.23. The second-order valence-corrected chi connectivity index (χ2v) is 14.6. The molecule has 0 aliphatic rings. The quantitative estimate of drug-likeness (QED) is 0.163. The highest BCUT2D eigenvalue weighted by Crippen LogP contribution is 2.50. The van der Waals surface area contributed by atoms with E-state index in [0.29, 0.717) is 0 Å². The standard InChI is InChI=1S/C53H38/c1-33-29-34(2)49(35(3)30-33)38-17-14-18-39(32-38)50-41-19-6-10-23-45(41)52(46-24-11-7-20-42(46)50)53-47-25-12-8-21-43(47)51(44-22-9-13-26-48(44)53)40-28-27-36-15-4-5-16-37(36)31-40/h4-32H,1-3H3. The molecule has 10 aromatic rings. The van der Waals surface area contributed by atoms with Crippen molar-refractivity contribution in [3.63, 3.8) is 0 Å². The monoisotopic (exact) mass is 674 g/mol. The smallest absolute Gasteiger partial charge is 0.00139 e. The lowest BCUT2D eigenvalue weighted by Crippen LogP contribution is -1.95. The molecule has 0 aliphatic heterocycles. The molecule has 0 unspecified atom stereocenters. The molecular formula is C53H38. The lowest BCUT2D eigenvalue weighted by molar-refractivity contribution is 1.32. The maximum absolute atomic E-state index is 2.40. The first kappa shape index (κ1) is 31.3. The largest absolute Gasteiger partial charge is 0.0616 e. The molecular weight excluding hydrogens is 637 g/mol. The van der Waals surface area contributed by atoms with Crippen LogP contribution in [0.25, 0.3) is 98.4 Å². The van der Waals surface area contributed by atoms with Crippen LogP contribution in [-0.4, -0.2) is 0 Å². The van der Waals surface area contributed by atoms with Crippen molar-refractivity contribution in [3.05, 3.63) is 193 Å². The van der Waals surface area contributed by atoms with E-state index in [4.69, 9.17) is 0 Å². The van der Waals surface area contributed by atoms with E-state index in [2.05, 4.69) is 197 Å². The molecule has 0 saturated carbocycles. The van der Waals surface area contributed by atoms with Gasteiger partial charge in [0.15, 0.2) is 0 Å². The summed E-state index contributed by atoms with van der Waals surface area (Å²) in [5.41, 5.74) is 14.2. The second kappa shape index (κ2) is 12.3. The van der Waals surface area contributed by atoms with Gasteiger partial charge in [0.05, 0.1) is 0 Å². The SMILES string of the molecule is Cc1cc(C)c(-c2cccc(-c3c4ccccc4c(-c4c5ccccc5c(-c5ccc6ccccc6c5)c5ccccc45)c4ccccc34)c2)c(C)c1. The van der Waals surface area contributed by atoms with Gasteiger partial charge in [-0.25, -0.2) is 0 Å². The van der Waals surface area contributed by atoms with E-state index >= 15 is 0 Å². The first-order valence-electron chi connectivity index (χ1n) is 18.6. The molecule has 10 rings (SSSR count). The molecule has 0 N–H and O–H groups in total. The Morgan fingerprint density at radius 3 is 1.06 bits per heavy atom. The molecule has 53 heavy (non-hydrogen) atoms. The molecule has 0 atom stereocenters. The second-order valence-electron chi connectivity index (χ2n) is 14.6. The summed E-state index contributed by atoms with van der Waals surface area (Å²) in [6, 6.07) is 65.5. The van der Waals surface area contributed by atoms with Crippen molar-refractivity contribution < 1.29 is 0 Å². The van der Waals surface area contributed by atoms with Crippen molar-refractivity contribution in [2.75, 3.05) is 0 Å². The minimum atomic E-state index is 1.24. The normalized spacial score (nSPS) is 11.7. The molecule has 0 heterocycles. The first-order valence-corrected chi connectivity index (χ1v) is 18.6. The molecule has 10 aromatic carbocycles. The fourth-order valence-corrected chi connectivity index (χ4v) is 9.23. The van der Waals surface area contributed by atoms with Crippen molar-refractivity contribution in [1.29, 1.82) is 0 Å². The Morgan fingerprint density at radius 1 is 0.245 bits per heavy atom. The highest BCUT2D eigenvalue weighted by Gasteiger charge is 2.22. The summed E-state index contributed by atoms with van der Waals surface area (Å²) in [5, 5.41) is 12.7. The third-order valence-corrected chi connectivity index (χ3v) is 11.3. The van der Waals surface area contributed by atoms with Gasteiger partial charge in [0.25, 0.3) is 0 Å². The van der Waals surface area contributed by atoms with E-state index in [1.165, 1.54) is 115 Å². The van der Waals surface area contributed by atoms with Crippen LogP contribution in [-0.2, 0) is 0 Å². The Morgan fingerprint density at radius 2 is 0.604 bits per heavy atom. The van der Waals surface area contributed by atoms with Gasteiger partial charge in [-0.05, 0) is 142 Å². The van der Waals surface area contributed by atoms with E-state index in [1.807, 2.05) is 0 Å². The van der Waals surface area contributed by atoms with Crippen LogP contribution in [0, 0.1) is 20.8 Å². The van der Waals surface area contributed by atoms with Crippen molar-refractivity contribution in [1.82, 2.24) is 0 Å². The average Bonchev–Trinajstić information content (AvgIpc) is 3.19. The van der Waals surface area contributed by atoms with E-state index in [-0.39, 0.29) is 0 Å². The fraction of sp³-hybridized carbons (Fsp3) is 0.0566. The van der Waals surface area contributed by atoms with Crippen LogP contribution in [0.4, 0.5) is 0 Å². The maximum Gasteiger partial charge on any atom is -0.00139 e. The number of fused-ring (bicyclic) bond motifs is 5. The summed E-state index contributed by atoms with van der Waals surface area (Å²) in [6.45, 7) is 6.66. The van der Waals surface area contributed by atoms with Gasteiger partial charge in [0, 0.05) is 0 Å². The summed E-state index contributed by atoms with van der Waals surface area (Å²) in [4.78, 5) is 0. The summed E-state index contributed by atoms with van der Waals surface area (Å²) in [5.74, 6) is 0. The van der Waals surface area contributed by atoms with Crippen LogP contribution in [0.1, 0.15) is 16.7 Å². The van der Waals surface area contributed by atoms with Crippen LogP contribution < -0.4 is 0 Å². The third-order valence-electron chi connectivity index (χ3n) is 11.3. The Hall–Kier alpha value is -6.50. The molecule has 0 radical (unpaired) electrons. The van der Waals surface area contributed by atoms with Crippen LogP contribution in [0.3, 0.4) is 0 Å². The topological polar surface area (TPSA) is 0 Å². The third kappa shape index (κ3) is 4.98. The molecule has 0 spiro atoms. The van der Waals surface area contributed by atoms with Gasteiger partial charge >= 0.3 is 0 Å². The molecule has 0 aliphatic carbocycles. The lowest BCUT2D eigenvalue weighted by Gasteiger charge is -2.22. The molecule has 0 fully saturated rings. The van der Waals surface area contributed by atoms with Crippen LogP contribution in [0.15, 0.2) is 176 Å². The van der Waals surface area contributed by atoms with Gasteiger partial charge in [-0.2, -0.15) is 0 Å². The average molecular weight is 675 g/mol. The summed E-state index contributed by atoms with van der Waals surface area (Å²) < 4.78 is 0. The zero-order valence-corrected chi connectivity index (χ0v) is 30.2. The zero-order chi connectivity index (χ0) is 35.6. The molecule has 250 valence electrons. The Kier molecular flexibility index (Phi) is 7.27. The van der Waals surface area contributed by atoms with Crippen LogP contribution in [0.5, 0.6) is 0 Å². The molecule has 0 saturated heterocycles. The van der Waals surface area contributed by atoms with E-state index in [9.17, 15) is 0 Å². The van der Waals surface area contributed by atoms with Gasteiger partial charge < -0.3 is 0 Å². The van der Waals surface area contributed by atoms with Crippen molar-refractivity contribution in [2.45, 2.75) is 20.8 Å². The molecule has 0 heteroatoms. The molecule has 0 bridgehead atoms. The van der Waals surface area contributed by atoms with Gasteiger partial charge in [-0.1, -0.05) is 169 Å². The van der Waals surface area contributed by atoms with Crippen molar-refractivity contribution in [2.24, 2.45) is 0 Å². The molecule has 0 aromatic heterocycles. The van der Waals surface area contributed by atoms with E-state index in [1.54, 1.807) is 0 Å². The minimum absolute atomic E-state index is 1.24. The highest BCUT2D eigenvalue weighted by atomic mass is 14.3. The first-order chi connectivity index (χ1) is 26.0. The molecule has 0 nitrogen and oxygen atoms in total. The predicted octanol–water partition coefficient (Wildman–Crippen LogP) is 15.0. The number of hydrogen-bond acceptors (Lipinski definition) is 0. The Labute approximate surface area is 310 Å². The molecule has 0 amide bonds. The number of hydrogen-bond donors (Lipinski definition) is 0. The Balaban J connectivity index is 1.30. The minimum Gasteiger partial charge on any atom is -0.0616 e. The van der Waals surface area contributed by atoms with Gasteiger partial charge in [0.2, 0.25) is 0 Å². The number of benzene rings is 10. The summed E-state index contributed by atoms with van der Waals surface area (Å²) in [7, 11) is 0. The number of aryl methyl sites for hydroxylation is 3. The number of rotatable bonds is 4. The summed E-state index contributed by atoms with van der Waals surface area (Å²) >= 11 is 0.